The van der Waals surface area contributed by atoms with Gasteiger partial charge in [-0.2, -0.15) is 5.26 Å². The number of benzene rings is 1. The lowest BCUT2D eigenvalue weighted by Crippen LogP contribution is -2.05. The molecule has 0 saturated carbocycles. The molecule has 2 rings (SSSR count). The molecule has 0 bridgehead atoms. The van der Waals surface area contributed by atoms with Crippen molar-refractivity contribution in [2.24, 2.45) is 0 Å². The first kappa shape index (κ1) is 14.5. The quantitative estimate of drug-likeness (QED) is 0.489. The van der Waals surface area contributed by atoms with Gasteiger partial charge < -0.3 is 9.15 Å². The Bertz CT molecular complexity index is 725. The van der Waals surface area contributed by atoms with Crippen LogP contribution in [0.5, 0.6) is 0 Å². The fourth-order valence-corrected chi connectivity index (χ4v) is 1.72. The van der Waals surface area contributed by atoms with E-state index in [0.717, 1.165) is 0 Å². The number of nitriles is 1. The zero-order chi connectivity index (χ0) is 15.2. The Kier molecular flexibility index (Phi) is 4.52. The zero-order valence-electron chi connectivity index (χ0n) is 11.3. The summed E-state index contributed by atoms with van der Waals surface area (Å²) in [6, 6.07) is 11.1. The van der Waals surface area contributed by atoms with Gasteiger partial charge in [0.05, 0.1) is 12.2 Å². The van der Waals surface area contributed by atoms with Crippen molar-refractivity contribution in [2.75, 3.05) is 6.61 Å². The van der Waals surface area contributed by atoms with Crippen LogP contribution in [0.3, 0.4) is 0 Å². The summed E-state index contributed by atoms with van der Waals surface area (Å²) in [5.74, 6) is -0.532. The maximum atomic E-state index is 13.6. The van der Waals surface area contributed by atoms with Crippen molar-refractivity contribution in [3.05, 3.63) is 53.5 Å². The highest BCUT2D eigenvalue weighted by Crippen LogP contribution is 2.25. The summed E-state index contributed by atoms with van der Waals surface area (Å²) in [5.41, 5.74) is 0.137. The van der Waals surface area contributed by atoms with Crippen molar-refractivity contribution >= 4 is 12.0 Å². The van der Waals surface area contributed by atoms with Gasteiger partial charge in [0.1, 0.15) is 29.0 Å². The number of furan rings is 1. The number of carbonyl (C=O) groups is 1. The van der Waals surface area contributed by atoms with E-state index in [0.29, 0.717) is 11.3 Å². The van der Waals surface area contributed by atoms with E-state index in [-0.39, 0.29) is 17.9 Å². The van der Waals surface area contributed by atoms with Crippen LogP contribution in [0.25, 0.3) is 17.4 Å². The fraction of sp³-hybridized carbons (Fsp3) is 0.125. The molecule has 0 aliphatic rings. The molecule has 0 aliphatic heterocycles. The standard InChI is InChI=1S/C16H12FNO3/c1-2-20-16(19)11(10-18)9-12-7-8-15(21-12)13-5-3-4-6-14(13)17/h3-9H,2H2,1H3/b11-9+. The van der Waals surface area contributed by atoms with E-state index in [1.807, 2.05) is 0 Å². The Hall–Kier alpha value is -2.87. The van der Waals surface area contributed by atoms with E-state index in [9.17, 15) is 9.18 Å². The smallest absolute Gasteiger partial charge is 0.349 e. The van der Waals surface area contributed by atoms with E-state index in [1.54, 1.807) is 43.3 Å². The van der Waals surface area contributed by atoms with Gasteiger partial charge in [-0.15, -0.1) is 0 Å². The van der Waals surface area contributed by atoms with Gasteiger partial charge in [0.15, 0.2) is 0 Å². The first-order valence-corrected chi connectivity index (χ1v) is 6.29. The second-order valence-corrected chi connectivity index (χ2v) is 4.07. The Labute approximate surface area is 121 Å². The average molecular weight is 285 g/mol. The normalized spacial score (nSPS) is 11.0. The van der Waals surface area contributed by atoms with E-state index in [4.69, 9.17) is 14.4 Å². The number of hydrogen-bond acceptors (Lipinski definition) is 4. The molecule has 1 heterocycles. The lowest BCUT2D eigenvalue weighted by molar-refractivity contribution is -0.137. The summed E-state index contributed by atoms with van der Waals surface area (Å²) in [5, 5.41) is 8.93. The molecule has 106 valence electrons. The van der Waals surface area contributed by atoms with Gasteiger partial charge in [-0.25, -0.2) is 9.18 Å². The predicted molar refractivity (Wildman–Crippen MR) is 74.3 cm³/mol. The third-order valence-corrected chi connectivity index (χ3v) is 2.67. The Morgan fingerprint density at radius 3 is 2.81 bits per heavy atom. The van der Waals surface area contributed by atoms with Gasteiger partial charge in [0.2, 0.25) is 0 Å². The molecule has 0 atom stereocenters. The van der Waals surface area contributed by atoms with E-state index < -0.39 is 11.8 Å². The molecule has 0 spiro atoms. The van der Waals surface area contributed by atoms with Gasteiger partial charge in [-0.3, -0.25) is 0 Å². The van der Waals surface area contributed by atoms with Gasteiger partial charge in [-0.05, 0) is 31.2 Å². The maximum Gasteiger partial charge on any atom is 0.349 e. The largest absolute Gasteiger partial charge is 0.462 e. The predicted octanol–water partition coefficient (Wildman–Crippen LogP) is 3.56. The van der Waals surface area contributed by atoms with Gasteiger partial charge >= 0.3 is 5.97 Å². The molecule has 1 aromatic heterocycles. The molecule has 0 amide bonds. The summed E-state index contributed by atoms with van der Waals surface area (Å²) >= 11 is 0. The van der Waals surface area contributed by atoms with Crippen LogP contribution in [0.2, 0.25) is 0 Å². The third-order valence-electron chi connectivity index (χ3n) is 2.67. The van der Waals surface area contributed by atoms with Crippen molar-refractivity contribution in [3.8, 4) is 17.4 Å². The van der Waals surface area contributed by atoms with Crippen LogP contribution in [-0.2, 0) is 9.53 Å². The number of esters is 1. The molecule has 0 radical (unpaired) electrons. The van der Waals surface area contributed by atoms with Crippen molar-refractivity contribution in [1.82, 2.24) is 0 Å². The minimum Gasteiger partial charge on any atom is -0.462 e. The highest BCUT2D eigenvalue weighted by atomic mass is 19.1. The van der Waals surface area contributed by atoms with Crippen LogP contribution in [0.15, 0.2) is 46.4 Å². The summed E-state index contributed by atoms with van der Waals surface area (Å²) < 4.78 is 23.8. The monoisotopic (exact) mass is 285 g/mol. The Morgan fingerprint density at radius 2 is 2.14 bits per heavy atom. The van der Waals surface area contributed by atoms with Crippen LogP contribution in [0.4, 0.5) is 4.39 Å². The van der Waals surface area contributed by atoms with Crippen LogP contribution in [-0.4, -0.2) is 12.6 Å². The first-order chi connectivity index (χ1) is 10.2. The van der Waals surface area contributed by atoms with E-state index >= 15 is 0 Å². The number of hydrogen-bond donors (Lipinski definition) is 0. The van der Waals surface area contributed by atoms with Crippen molar-refractivity contribution in [2.45, 2.75) is 6.92 Å². The Balaban J connectivity index is 2.30. The van der Waals surface area contributed by atoms with Gasteiger partial charge in [0.25, 0.3) is 0 Å². The van der Waals surface area contributed by atoms with Gasteiger partial charge in [0, 0.05) is 6.08 Å². The molecule has 0 N–H and O–H groups in total. The summed E-state index contributed by atoms with van der Waals surface area (Å²) in [6.07, 6.45) is 1.27. The third kappa shape index (κ3) is 3.37. The van der Waals surface area contributed by atoms with Crippen molar-refractivity contribution in [1.29, 1.82) is 5.26 Å². The summed E-state index contributed by atoms with van der Waals surface area (Å²) in [6.45, 7) is 1.83. The maximum absolute atomic E-state index is 13.6. The lowest BCUT2D eigenvalue weighted by atomic mass is 10.1. The molecule has 0 saturated heterocycles. The SMILES string of the molecule is CCOC(=O)/C(C#N)=C/c1ccc(-c2ccccc2F)o1. The second-order valence-electron chi connectivity index (χ2n) is 4.07. The number of nitrogens with zero attached hydrogens (tertiary/aromatic N) is 1. The molecule has 4 nitrogen and oxygen atoms in total. The van der Waals surface area contributed by atoms with Crippen LogP contribution in [0, 0.1) is 17.1 Å². The van der Waals surface area contributed by atoms with Crippen LogP contribution in [0.1, 0.15) is 12.7 Å². The van der Waals surface area contributed by atoms with E-state index in [1.165, 1.54) is 12.1 Å². The van der Waals surface area contributed by atoms with E-state index in [2.05, 4.69) is 0 Å². The molecule has 0 aliphatic carbocycles. The lowest BCUT2D eigenvalue weighted by Gasteiger charge is -1.99. The van der Waals surface area contributed by atoms with Crippen LogP contribution < -0.4 is 0 Å². The average Bonchev–Trinajstić information content (AvgIpc) is 2.93. The van der Waals surface area contributed by atoms with Crippen molar-refractivity contribution < 1.29 is 18.3 Å². The number of ether oxygens (including phenoxy) is 1. The molecular weight excluding hydrogens is 273 g/mol. The van der Waals surface area contributed by atoms with Crippen LogP contribution >= 0.6 is 0 Å². The summed E-state index contributed by atoms with van der Waals surface area (Å²) in [7, 11) is 0. The first-order valence-electron chi connectivity index (χ1n) is 6.29. The zero-order valence-corrected chi connectivity index (χ0v) is 11.3. The molecule has 0 fully saturated rings. The van der Waals surface area contributed by atoms with Crippen molar-refractivity contribution in [3.63, 3.8) is 0 Å². The molecule has 5 heteroatoms. The molecule has 1 aromatic carbocycles. The topological polar surface area (TPSA) is 63.2 Å². The molecule has 0 unspecified atom stereocenters. The fourth-order valence-electron chi connectivity index (χ4n) is 1.72. The molecule has 2 aromatic rings. The summed E-state index contributed by atoms with van der Waals surface area (Å²) in [4.78, 5) is 11.5. The number of rotatable bonds is 4. The minimum absolute atomic E-state index is 0.175. The Morgan fingerprint density at radius 1 is 1.38 bits per heavy atom. The molecule has 21 heavy (non-hydrogen) atoms. The number of halogens is 1. The minimum atomic E-state index is -0.719. The van der Waals surface area contributed by atoms with Gasteiger partial charge in [-0.1, -0.05) is 12.1 Å². The molecular formula is C16H12FNO3. The second kappa shape index (κ2) is 6.53. The highest BCUT2D eigenvalue weighted by Gasteiger charge is 2.12. The highest BCUT2D eigenvalue weighted by molar-refractivity contribution is 5.97. The number of carbonyl (C=O) groups excluding carboxylic acids is 1.